The Balaban J connectivity index is 2.41. The zero-order valence-corrected chi connectivity index (χ0v) is 9.90. The predicted octanol–water partition coefficient (Wildman–Crippen LogP) is 3.44. The topological polar surface area (TPSA) is 25.2 Å². The monoisotopic (exact) mass is 271 g/mol. The van der Waals surface area contributed by atoms with Crippen LogP contribution in [0.1, 0.15) is 12.7 Å². The van der Waals surface area contributed by atoms with Crippen molar-refractivity contribution in [3.63, 3.8) is 0 Å². The van der Waals surface area contributed by atoms with E-state index < -0.39 is 0 Å². The van der Waals surface area contributed by atoms with Crippen LogP contribution in [0.5, 0.6) is 0 Å². The van der Waals surface area contributed by atoms with Crippen molar-refractivity contribution >= 4 is 26.9 Å². The zero-order chi connectivity index (χ0) is 10.8. The number of hydrogen-bond acceptors (Lipinski definition) is 2. The SMILES string of the molecule is CCNCc1cc2cc(F)cc(Br)c2o1. The van der Waals surface area contributed by atoms with E-state index in [0.29, 0.717) is 16.6 Å². The van der Waals surface area contributed by atoms with E-state index in [9.17, 15) is 4.39 Å². The Morgan fingerprint density at radius 2 is 2.20 bits per heavy atom. The lowest BCUT2D eigenvalue weighted by Gasteiger charge is -1.95. The van der Waals surface area contributed by atoms with Crippen LogP contribution < -0.4 is 5.32 Å². The van der Waals surface area contributed by atoms with Gasteiger partial charge in [0.25, 0.3) is 0 Å². The highest BCUT2D eigenvalue weighted by Crippen LogP contribution is 2.28. The van der Waals surface area contributed by atoms with Crippen LogP contribution in [-0.4, -0.2) is 6.54 Å². The maximum absolute atomic E-state index is 13.1. The van der Waals surface area contributed by atoms with Crippen molar-refractivity contribution in [2.45, 2.75) is 13.5 Å². The fourth-order valence-corrected chi connectivity index (χ4v) is 1.99. The molecule has 0 aliphatic heterocycles. The van der Waals surface area contributed by atoms with Crippen LogP contribution in [0.3, 0.4) is 0 Å². The fourth-order valence-electron chi connectivity index (χ4n) is 1.46. The lowest BCUT2D eigenvalue weighted by Crippen LogP contribution is -2.10. The van der Waals surface area contributed by atoms with Crippen molar-refractivity contribution in [2.24, 2.45) is 0 Å². The van der Waals surface area contributed by atoms with Crippen molar-refractivity contribution < 1.29 is 8.81 Å². The van der Waals surface area contributed by atoms with Crippen molar-refractivity contribution in [1.82, 2.24) is 5.32 Å². The van der Waals surface area contributed by atoms with Crippen LogP contribution >= 0.6 is 15.9 Å². The van der Waals surface area contributed by atoms with Gasteiger partial charge in [-0.15, -0.1) is 0 Å². The van der Waals surface area contributed by atoms with Gasteiger partial charge < -0.3 is 9.73 Å². The van der Waals surface area contributed by atoms with Gasteiger partial charge in [0.15, 0.2) is 0 Å². The third-order valence-electron chi connectivity index (χ3n) is 2.14. The van der Waals surface area contributed by atoms with E-state index in [-0.39, 0.29) is 5.82 Å². The minimum atomic E-state index is -0.259. The molecular formula is C11H11BrFNO. The maximum Gasteiger partial charge on any atom is 0.148 e. The second kappa shape index (κ2) is 4.33. The molecule has 80 valence electrons. The normalized spacial score (nSPS) is 11.1. The molecule has 0 spiro atoms. The van der Waals surface area contributed by atoms with Gasteiger partial charge in [0.1, 0.15) is 17.2 Å². The molecule has 4 heteroatoms. The van der Waals surface area contributed by atoms with Gasteiger partial charge in [0.05, 0.1) is 11.0 Å². The molecule has 0 radical (unpaired) electrons. The average molecular weight is 272 g/mol. The van der Waals surface area contributed by atoms with Crippen molar-refractivity contribution in [2.75, 3.05) is 6.54 Å². The molecule has 0 atom stereocenters. The van der Waals surface area contributed by atoms with E-state index in [1.165, 1.54) is 12.1 Å². The predicted molar refractivity (Wildman–Crippen MR) is 61.3 cm³/mol. The summed E-state index contributed by atoms with van der Waals surface area (Å²) in [7, 11) is 0. The summed E-state index contributed by atoms with van der Waals surface area (Å²) in [5.74, 6) is 0.559. The number of rotatable bonds is 3. The maximum atomic E-state index is 13.1. The minimum Gasteiger partial charge on any atom is -0.459 e. The number of nitrogens with one attached hydrogen (secondary N) is 1. The molecule has 0 unspecified atom stereocenters. The number of benzene rings is 1. The van der Waals surface area contributed by atoms with E-state index in [1.54, 1.807) is 0 Å². The number of furan rings is 1. The highest BCUT2D eigenvalue weighted by atomic mass is 79.9. The molecule has 15 heavy (non-hydrogen) atoms. The number of fused-ring (bicyclic) bond motifs is 1. The molecule has 2 nitrogen and oxygen atoms in total. The summed E-state index contributed by atoms with van der Waals surface area (Å²) in [5, 5.41) is 3.94. The third-order valence-corrected chi connectivity index (χ3v) is 2.73. The summed E-state index contributed by atoms with van der Waals surface area (Å²) in [6, 6.07) is 4.73. The summed E-state index contributed by atoms with van der Waals surface area (Å²) in [6.07, 6.45) is 0. The minimum absolute atomic E-state index is 0.259. The smallest absolute Gasteiger partial charge is 0.148 e. The number of halogens is 2. The summed E-state index contributed by atoms with van der Waals surface area (Å²) < 4.78 is 19.3. The van der Waals surface area contributed by atoms with Crippen LogP contribution in [-0.2, 0) is 6.54 Å². The lowest BCUT2D eigenvalue weighted by atomic mass is 10.2. The molecule has 1 N–H and O–H groups in total. The van der Waals surface area contributed by atoms with Crippen LogP contribution in [0.2, 0.25) is 0 Å². The Morgan fingerprint density at radius 1 is 1.40 bits per heavy atom. The Morgan fingerprint density at radius 3 is 2.93 bits per heavy atom. The Bertz CT molecular complexity index is 481. The van der Waals surface area contributed by atoms with Gasteiger partial charge in [-0.1, -0.05) is 6.92 Å². The van der Waals surface area contributed by atoms with Gasteiger partial charge >= 0.3 is 0 Å². The first-order chi connectivity index (χ1) is 7.20. The molecule has 1 aromatic heterocycles. The molecule has 0 fully saturated rings. The fraction of sp³-hybridized carbons (Fsp3) is 0.273. The van der Waals surface area contributed by atoms with Gasteiger partial charge in [-0.25, -0.2) is 4.39 Å². The largest absolute Gasteiger partial charge is 0.459 e. The van der Waals surface area contributed by atoms with Gasteiger partial charge in [-0.3, -0.25) is 0 Å². The summed E-state index contributed by atoms with van der Waals surface area (Å²) in [5.41, 5.74) is 0.698. The molecule has 1 heterocycles. The van der Waals surface area contributed by atoms with Crippen LogP contribution in [0.25, 0.3) is 11.0 Å². The van der Waals surface area contributed by atoms with E-state index in [2.05, 4.69) is 21.2 Å². The third kappa shape index (κ3) is 2.21. The van der Waals surface area contributed by atoms with E-state index in [1.807, 2.05) is 13.0 Å². The molecule has 0 saturated heterocycles. The Hall–Kier alpha value is -0.870. The highest BCUT2D eigenvalue weighted by molar-refractivity contribution is 9.10. The van der Waals surface area contributed by atoms with E-state index in [4.69, 9.17) is 4.42 Å². The molecule has 0 amide bonds. The standard InChI is InChI=1S/C11H11BrFNO/c1-2-14-6-9-4-7-3-8(13)5-10(12)11(7)15-9/h3-5,14H,2,6H2,1H3. The first-order valence-corrected chi connectivity index (χ1v) is 5.58. The molecule has 0 aliphatic rings. The Kier molecular flexibility index (Phi) is 3.07. The van der Waals surface area contributed by atoms with Crippen molar-refractivity contribution in [1.29, 1.82) is 0 Å². The molecule has 0 bridgehead atoms. The second-order valence-electron chi connectivity index (χ2n) is 3.30. The zero-order valence-electron chi connectivity index (χ0n) is 8.31. The van der Waals surface area contributed by atoms with Gasteiger partial charge in [-0.2, -0.15) is 0 Å². The molecular weight excluding hydrogens is 261 g/mol. The number of hydrogen-bond donors (Lipinski definition) is 1. The highest BCUT2D eigenvalue weighted by Gasteiger charge is 2.08. The molecule has 1 aromatic carbocycles. The van der Waals surface area contributed by atoms with Crippen LogP contribution in [0, 0.1) is 5.82 Å². The van der Waals surface area contributed by atoms with Crippen molar-refractivity contribution in [3.05, 3.63) is 34.2 Å². The van der Waals surface area contributed by atoms with Crippen molar-refractivity contribution in [3.8, 4) is 0 Å². The van der Waals surface area contributed by atoms with E-state index >= 15 is 0 Å². The molecule has 0 aliphatic carbocycles. The average Bonchev–Trinajstić information content (AvgIpc) is 2.57. The second-order valence-corrected chi connectivity index (χ2v) is 4.15. The van der Waals surface area contributed by atoms with Gasteiger partial charge in [0, 0.05) is 5.39 Å². The van der Waals surface area contributed by atoms with Crippen LogP contribution in [0.15, 0.2) is 27.1 Å². The lowest BCUT2D eigenvalue weighted by molar-refractivity contribution is 0.518. The van der Waals surface area contributed by atoms with Gasteiger partial charge in [-0.05, 0) is 40.7 Å². The molecule has 2 rings (SSSR count). The first-order valence-electron chi connectivity index (χ1n) is 4.79. The van der Waals surface area contributed by atoms with Gasteiger partial charge in [0.2, 0.25) is 0 Å². The first kappa shape index (κ1) is 10.6. The van der Waals surface area contributed by atoms with Crippen LogP contribution in [0.4, 0.5) is 4.39 Å². The molecule has 2 aromatic rings. The summed E-state index contributed by atoms with van der Waals surface area (Å²) in [4.78, 5) is 0. The molecule has 0 saturated carbocycles. The van der Waals surface area contributed by atoms with E-state index in [0.717, 1.165) is 17.7 Å². The Labute approximate surface area is 95.6 Å². The summed E-state index contributed by atoms with van der Waals surface area (Å²) in [6.45, 7) is 3.57. The summed E-state index contributed by atoms with van der Waals surface area (Å²) >= 11 is 3.28. The quantitative estimate of drug-likeness (QED) is 0.925.